The number of nitrogens with zero attached hydrogens (tertiary/aromatic N) is 3. The lowest BCUT2D eigenvalue weighted by atomic mass is 10.2. The molecule has 0 unspecified atom stereocenters. The summed E-state index contributed by atoms with van der Waals surface area (Å²) >= 11 is 0. The molecule has 0 saturated heterocycles. The number of aromatic nitrogens is 2. The third-order valence-corrected chi connectivity index (χ3v) is 3.78. The number of anilines is 1. The molecule has 0 aliphatic carbocycles. The molecule has 28 heavy (non-hydrogen) atoms. The van der Waals surface area contributed by atoms with Gasteiger partial charge in [-0.1, -0.05) is 17.2 Å². The number of nitro groups is 1. The number of rotatable bonds is 5. The van der Waals surface area contributed by atoms with Gasteiger partial charge >= 0.3 is 6.01 Å². The highest BCUT2D eigenvalue weighted by atomic mass is 16.7. The first-order valence-electron chi connectivity index (χ1n) is 8.05. The van der Waals surface area contributed by atoms with E-state index in [-0.39, 0.29) is 24.4 Å². The number of amides is 1. The molecule has 1 amide bonds. The van der Waals surface area contributed by atoms with Crippen LogP contribution in [0.3, 0.4) is 0 Å². The summed E-state index contributed by atoms with van der Waals surface area (Å²) in [5.74, 6) is 0.882. The molecule has 0 spiro atoms. The van der Waals surface area contributed by atoms with Crippen LogP contribution >= 0.6 is 0 Å². The predicted molar refractivity (Wildman–Crippen MR) is 96.6 cm³/mol. The van der Waals surface area contributed by atoms with Crippen LogP contribution in [0.15, 0.2) is 53.0 Å². The summed E-state index contributed by atoms with van der Waals surface area (Å²) in [7, 11) is 0. The van der Waals surface area contributed by atoms with E-state index < -0.39 is 10.8 Å². The Balaban J connectivity index is 1.43. The molecule has 1 aliphatic heterocycles. The van der Waals surface area contributed by atoms with Crippen LogP contribution in [0.4, 0.5) is 11.7 Å². The molecule has 0 bridgehead atoms. The smallest absolute Gasteiger partial charge is 0.322 e. The minimum atomic E-state index is -0.521. The zero-order valence-electron chi connectivity index (χ0n) is 14.2. The number of nitrogens with one attached hydrogen (secondary N) is 1. The molecule has 2 heterocycles. The maximum atomic E-state index is 12.0. The van der Waals surface area contributed by atoms with Gasteiger partial charge in [-0.25, -0.2) is 0 Å². The zero-order valence-corrected chi connectivity index (χ0v) is 14.2. The van der Waals surface area contributed by atoms with Gasteiger partial charge in [0.05, 0.1) is 4.92 Å². The lowest BCUT2D eigenvalue weighted by Crippen LogP contribution is -2.07. The molecule has 2 aromatic carbocycles. The van der Waals surface area contributed by atoms with Gasteiger partial charge < -0.3 is 13.9 Å². The minimum absolute atomic E-state index is 0.0622. The van der Waals surface area contributed by atoms with Crippen LogP contribution in [0.25, 0.3) is 17.5 Å². The molecule has 0 atom stereocenters. The molecule has 0 radical (unpaired) electrons. The second-order valence-electron chi connectivity index (χ2n) is 5.66. The maximum absolute atomic E-state index is 12.0. The molecule has 1 N–H and O–H groups in total. The van der Waals surface area contributed by atoms with E-state index in [0.717, 1.165) is 0 Å². The van der Waals surface area contributed by atoms with Gasteiger partial charge in [-0.15, -0.1) is 5.10 Å². The predicted octanol–water partition coefficient (Wildman–Crippen LogP) is 3.03. The minimum Gasteiger partial charge on any atom is -0.454 e. The Morgan fingerprint density at radius 3 is 2.86 bits per heavy atom. The molecule has 10 nitrogen and oxygen atoms in total. The van der Waals surface area contributed by atoms with Crippen LogP contribution < -0.4 is 14.8 Å². The highest BCUT2D eigenvalue weighted by Crippen LogP contribution is 2.35. The second-order valence-corrected chi connectivity index (χ2v) is 5.66. The van der Waals surface area contributed by atoms with Gasteiger partial charge in [0.2, 0.25) is 12.7 Å². The Bertz CT molecular complexity index is 1090. The van der Waals surface area contributed by atoms with Crippen LogP contribution in [0, 0.1) is 10.1 Å². The molecule has 1 aliphatic rings. The van der Waals surface area contributed by atoms with Crippen LogP contribution in [-0.4, -0.2) is 27.8 Å². The molecule has 3 aromatic rings. The largest absolute Gasteiger partial charge is 0.454 e. The lowest BCUT2D eigenvalue weighted by molar-refractivity contribution is -0.384. The molecule has 4 rings (SSSR count). The SMILES string of the molecule is O=C(C=Cc1cccc([N+](=O)[O-])c1)Nc1nnc(-c2ccc3c(c2)OCO3)o1. The summed E-state index contributed by atoms with van der Waals surface area (Å²) in [6.07, 6.45) is 2.65. The van der Waals surface area contributed by atoms with Crippen molar-refractivity contribution in [2.75, 3.05) is 12.1 Å². The fourth-order valence-corrected chi connectivity index (χ4v) is 2.48. The number of benzene rings is 2. The Labute approximate surface area is 157 Å². The maximum Gasteiger partial charge on any atom is 0.322 e. The monoisotopic (exact) mass is 380 g/mol. The van der Waals surface area contributed by atoms with E-state index in [1.807, 2.05) is 0 Å². The molecule has 140 valence electrons. The van der Waals surface area contributed by atoms with Crippen molar-refractivity contribution in [2.45, 2.75) is 0 Å². The van der Waals surface area contributed by atoms with E-state index in [1.165, 1.54) is 30.4 Å². The summed E-state index contributed by atoms with van der Waals surface area (Å²) in [6, 6.07) is 11.0. The standard InChI is InChI=1S/C18H12N4O6/c23-16(7-4-11-2-1-3-13(8-11)22(24)25)19-18-21-20-17(28-18)12-5-6-14-15(9-12)27-10-26-14/h1-9H,10H2,(H,19,21,23). The van der Waals surface area contributed by atoms with Gasteiger partial charge in [-0.2, -0.15) is 0 Å². The van der Waals surface area contributed by atoms with Crippen LogP contribution in [0.2, 0.25) is 0 Å². The summed E-state index contributed by atoms with van der Waals surface area (Å²) in [5, 5.41) is 20.9. The number of fused-ring (bicyclic) bond motifs is 1. The van der Waals surface area contributed by atoms with Crippen molar-refractivity contribution >= 4 is 23.7 Å². The average molecular weight is 380 g/mol. The van der Waals surface area contributed by atoms with Gasteiger partial charge in [0.1, 0.15) is 0 Å². The first kappa shape index (κ1) is 17.2. The number of nitro benzene ring substituents is 1. The van der Waals surface area contributed by atoms with Crippen molar-refractivity contribution in [1.82, 2.24) is 10.2 Å². The van der Waals surface area contributed by atoms with E-state index in [2.05, 4.69) is 15.5 Å². The van der Waals surface area contributed by atoms with Crippen LogP contribution in [0.5, 0.6) is 11.5 Å². The Kier molecular flexibility index (Phi) is 4.42. The fourth-order valence-electron chi connectivity index (χ4n) is 2.48. The fraction of sp³-hybridized carbons (Fsp3) is 0.0556. The zero-order chi connectivity index (χ0) is 19.5. The van der Waals surface area contributed by atoms with E-state index >= 15 is 0 Å². The van der Waals surface area contributed by atoms with Gasteiger partial charge in [-0.3, -0.25) is 20.2 Å². The topological polar surface area (TPSA) is 130 Å². The number of hydrogen-bond donors (Lipinski definition) is 1. The normalized spacial score (nSPS) is 12.3. The molecule has 10 heteroatoms. The number of carbonyl (C=O) groups is 1. The third-order valence-electron chi connectivity index (χ3n) is 3.78. The molecule has 0 fully saturated rings. The molecule has 0 saturated carbocycles. The van der Waals surface area contributed by atoms with Crippen LogP contribution in [0.1, 0.15) is 5.56 Å². The van der Waals surface area contributed by atoms with Crippen molar-refractivity contribution in [3.8, 4) is 23.0 Å². The quantitative estimate of drug-likeness (QED) is 0.406. The first-order valence-corrected chi connectivity index (χ1v) is 8.05. The third kappa shape index (κ3) is 3.65. The van der Waals surface area contributed by atoms with E-state index in [0.29, 0.717) is 22.6 Å². The number of carbonyl (C=O) groups excluding carboxylic acids is 1. The van der Waals surface area contributed by atoms with Crippen LogP contribution in [-0.2, 0) is 4.79 Å². The van der Waals surface area contributed by atoms with Gasteiger partial charge in [0.25, 0.3) is 11.6 Å². The first-order chi connectivity index (χ1) is 13.6. The second kappa shape index (κ2) is 7.19. The van der Waals surface area contributed by atoms with Gasteiger partial charge in [0.15, 0.2) is 11.5 Å². The van der Waals surface area contributed by atoms with Crippen molar-refractivity contribution < 1.29 is 23.6 Å². The van der Waals surface area contributed by atoms with Crippen molar-refractivity contribution in [2.24, 2.45) is 0 Å². The Morgan fingerprint density at radius 1 is 1.14 bits per heavy atom. The summed E-state index contributed by atoms with van der Waals surface area (Å²) in [6.45, 7) is 0.154. The highest BCUT2D eigenvalue weighted by Gasteiger charge is 2.17. The lowest BCUT2D eigenvalue weighted by Gasteiger charge is -1.98. The summed E-state index contributed by atoms with van der Waals surface area (Å²) in [5.41, 5.74) is 1.06. The Morgan fingerprint density at radius 2 is 2.00 bits per heavy atom. The molecular weight excluding hydrogens is 368 g/mol. The van der Waals surface area contributed by atoms with E-state index in [1.54, 1.807) is 24.3 Å². The van der Waals surface area contributed by atoms with Crippen molar-refractivity contribution in [3.05, 3.63) is 64.2 Å². The van der Waals surface area contributed by atoms with Gasteiger partial charge in [-0.05, 0) is 29.8 Å². The Hall–Kier alpha value is -4.21. The summed E-state index contributed by atoms with van der Waals surface area (Å²) < 4.78 is 16.0. The number of ether oxygens (including phenoxy) is 2. The summed E-state index contributed by atoms with van der Waals surface area (Å²) in [4.78, 5) is 22.3. The van der Waals surface area contributed by atoms with E-state index in [4.69, 9.17) is 13.9 Å². The van der Waals surface area contributed by atoms with E-state index in [9.17, 15) is 14.9 Å². The average Bonchev–Trinajstić information content (AvgIpc) is 3.35. The number of non-ortho nitro benzene ring substituents is 1. The molecular formula is C18H12N4O6. The van der Waals surface area contributed by atoms with Gasteiger partial charge in [0, 0.05) is 23.8 Å². The number of hydrogen-bond acceptors (Lipinski definition) is 8. The van der Waals surface area contributed by atoms with Crippen molar-refractivity contribution in [1.29, 1.82) is 0 Å². The molecule has 1 aromatic heterocycles. The van der Waals surface area contributed by atoms with Crippen molar-refractivity contribution in [3.63, 3.8) is 0 Å². The highest BCUT2D eigenvalue weighted by molar-refractivity contribution is 6.00.